The molecule has 0 saturated heterocycles. The molecule has 0 fully saturated rings. The zero-order valence-corrected chi connectivity index (χ0v) is 17.4. The number of hydrogen-bond donors (Lipinski definition) is 0. The summed E-state index contributed by atoms with van der Waals surface area (Å²) >= 11 is 0. The molecule has 0 atom stereocenters. The van der Waals surface area contributed by atoms with Crippen molar-refractivity contribution >= 4 is 0 Å². The molecule has 4 heteroatoms. The normalized spacial score (nSPS) is 9.47. The Kier molecular flexibility index (Phi) is 6.87. The van der Waals surface area contributed by atoms with Crippen molar-refractivity contribution in [3.05, 3.63) is 82.9 Å². The van der Waals surface area contributed by atoms with Crippen molar-refractivity contribution in [3.63, 3.8) is 0 Å². The van der Waals surface area contributed by atoms with E-state index in [0.717, 1.165) is 33.8 Å². The highest BCUT2D eigenvalue weighted by Gasteiger charge is 2.09. The Morgan fingerprint density at radius 1 is 0.467 bits per heavy atom. The van der Waals surface area contributed by atoms with Gasteiger partial charge in [-0.2, -0.15) is 0 Å². The van der Waals surface area contributed by atoms with E-state index in [1.165, 1.54) is 0 Å². The first-order valence-electron chi connectivity index (χ1n) is 9.25. The third kappa shape index (κ3) is 5.07. The second kappa shape index (κ2) is 9.96. The van der Waals surface area contributed by atoms with E-state index >= 15 is 0 Å². The Labute approximate surface area is 177 Å². The van der Waals surface area contributed by atoms with Gasteiger partial charge in [-0.05, 0) is 48.5 Å². The summed E-state index contributed by atoms with van der Waals surface area (Å²) in [7, 11) is 6.47. The van der Waals surface area contributed by atoms with Crippen molar-refractivity contribution in [2.75, 3.05) is 28.4 Å². The van der Waals surface area contributed by atoms with Gasteiger partial charge in [0, 0.05) is 34.4 Å². The quantitative estimate of drug-likeness (QED) is 0.606. The maximum absolute atomic E-state index is 5.43. The van der Waals surface area contributed by atoms with Crippen molar-refractivity contribution in [2.24, 2.45) is 0 Å². The predicted octanol–water partition coefficient (Wildman–Crippen LogP) is 4.52. The van der Waals surface area contributed by atoms with E-state index in [4.69, 9.17) is 18.9 Å². The fourth-order valence-electron chi connectivity index (χ4n) is 2.71. The molecular weight excluding hydrogens is 376 g/mol. The van der Waals surface area contributed by atoms with Gasteiger partial charge < -0.3 is 18.9 Å². The third-order valence-electron chi connectivity index (χ3n) is 4.39. The molecule has 30 heavy (non-hydrogen) atoms. The lowest BCUT2D eigenvalue weighted by Gasteiger charge is -2.09. The molecular formula is C26H22O4. The second-order valence-electron chi connectivity index (χ2n) is 6.21. The summed E-state index contributed by atoms with van der Waals surface area (Å²) in [5, 5.41) is 0. The summed E-state index contributed by atoms with van der Waals surface area (Å²) in [4.78, 5) is 0. The highest BCUT2D eigenvalue weighted by molar-refractivity contribution is 5.61. The van der Waals surface area contributed by atoms with Gasteiger partial charge in [0.25, 0.3) is 0 Å². The van der Waals surface area contributed by atoms with Crippen LogP contribution in [0, 0.1) is 23.7 Å². The molecule has 0 saturated carbocycles. The number of hydrogen-bond acceptors (Lipinski definition) is 4. The molecule has 0 heterocycles. The number of rotatable bonds is 4. The minimum Gasteiger partial charge on any atom is -0.497 e. The van der Waals surface area contributed by atoms with Crippen molar-refractivity contribution in [2.45, 2.75) is 0 Å². The van der Waals surface area contributed by atoms with Gasteiger partial charge in [-0.1, -0.05) is 23.7 Å². The van der Waals surface area contributed by atoms with Gasteiger partial charge >= 0.3 is 0 Å². The van der Waals surface area contributed by atoms with Crippen molar-refractivity contribution in [1.82, 2.24) is 0 Å². The minimum absolute atomic E-state index is 0.603. The number of methoxy groups -OCH3 is 4. The summed E-state index contributed by atoms with van der Waals surface area (Å²) in [6.07, 6.45) is 0. The molecule has 0 spiro atoms. The fraction of sp³-hybridized carbons (Fsp3) is 0.154. The molecule has 0 radical (unpaired) electrons. The molecule has 0 aliphatic carbocycles. The third-order valence-corrected chi connectivity index (χ3v) is 4.39. The Hall–Kier alpha value is -4.02. The standard InChI is InChI=1S/C26H22O4/c1-27-23-13-7-19(8-14-23)5-11-21-17-25(29-3)26(30-4)18-22(21)12-6-20-9-15-24(28-2)16-10-20/h7-10,13-18H,1-4H3. The van der Waals surface area contributed by atoms with Crippen LogP contribution in [0.25, 0.3) is 0 Å². The molecule has 0 bridgehead atoms. The Morgan fingerprint density at radius 3 is 1.13 bits per heavy atom. The lowest BCUT2D eigenvalue weighted by Crippen LogP contribution is -1.94. The summed E-state index contributed by atoms with van der Waals surface area (Å²) in [5.74, 6) is 15.5. The number of ether oxygens (including phenoxy) is 4. The van der Waals surface area contributed by atoms with Crippen LogP contribution in [0.4, 0.5) is 0 Å². The predicted molar refractivity (Wildman–Crippen MR) is 117 cm³/mol. The van der Waals surface area contributed by atoms with Crippen LogP contribution >= 0.6 is 0 Å². The Balaban J connectivity index is 2.01. The van der Waals surface area contributed by atoms with Crippen LogP contribution in [-0.4, -0.2) is 28.4 Å². The second-order valence-corrected chi connectivity index (χ2v) is 6.21. The Morgan fingerprint density at radius 2 is 0.833 bits per heavy atom. The van der Waals surface area contributed by atoms with E-state index < -0.39 is 0 Å². The van der Waals surface area contributed by atoms with Gasteiger partial charge in [0.05, 0.1) is 28.4 Å². The molecule has 3 aromatic rings. The summed E-state index contributed by atoms with van der Waals surface area (Å²) in [6.45, 7) is 0. The lowest BCUT2D eigenvalue weighted by molar-refractivity contribution is 0.355. The van der Waals surface area contributed by atoms with E-state index in [2.05, 4.69) is 23.7 Å². The maximum atomic E-state index is 5.43. The monoisotopic (exact) mass is 398 g/mol. The average Bonchev–Trinajstić information content (AvgIpc) is 2.81. The first kappa shape index (κ1) is 20.7. The van der Waals surface area contributed by atoms with Crippen LogP contribution < -0.4 is 18.9 Å². The summed E-state index contributed by atoms with van der Waals surface area (Å²) in [5.41, 5.74) is 3.26. The SMILES string of the molecule is COc1ccc(C#Cc2cc(OC)c(OC)cc2C#Cc2ccc(OC)cc2)cc1. The molecule has 0 aliphatic rings. The number of benzene rings is 3. The smallest absolute Gasteiger partial charge is 0.162 e. The minimum atomic E-state index is 0.603. The van der Waals surface area contributed by atoms with Crippen LogP contribution in [0.3, 0.4) is 0 Å². The largest absolute Gasteiger partial charge is 0.497 e. The van der Waals surface area contributed by atoms with Gasteiger partial charge in [0.15, 0.2) is 11.5 Å². The topological polar surface area (TPSA) is 36.9 Å². The molecule has 0 amide bonds. The van der Waals surface area contributed by atoms with Gasteiger partial charge in [-0.25, -0.2) is 0 Å². The van der Waals surface area contributed by atoms with Crippen LogP contribution in [0.1, 0.15) is 22.3 Å². The van der Waals surface area contributed by atoms with Crippen molar-refractivity contribution in [1.29, 1.82) is 0 Å². The van der Waals surface area contributed by atoms with E-state index in [1.54, 1.807) is 28.4 Å². The van der Waals surface area contributed by atoms with Crippen LogP contribution in [-0.2, 0) is 0 Å². The van der Waals surface area contributed by atoms with Crippen molar-refractivity contribution < 1.29 is 18.9 Å². The Bertz CT molecular complexity index is 1030. The molecule has 4 nitrogen and oxygen atoms in total. The van der Waals surface area contributed by atoms with Gasteiger partial charge in [-0.15, -0.1) is 0 Å². The first-order chi connectivity index (χ1) is 14.7. The van der Waals surface area contributed by atoms with Gasteiger partial charge in [0.2, 0.25) is 0 Å². The molecule has 3 aromatic carbocycles. The first-order valence-corrected chi connectivity index (χ1v) is 9.25. The molecule has 3 rings (SSSR count). The molecule has 0 aliphatic heterocycles. The van der Waals surface area contributed by atoms with Crippen LogP contribution in [0.5, 0.6) is 23.0 Å². The van der Waals surface area contributed by atoms with Crippen LogP contribution in [0.2, 0.25) is 0 Å². The summed E-state index contributed by atoms with van der Waals surface area (Å²) < 4.78 is 21.2. The lowest BCUT2D eigenvalue weighted by atomic mass is 10.1. The van der Waals surface area contributed by atoms with E-state index in [1.807, 2.05) is 60.7 Å². The average molecular weight is 398 g/mol. The van der Waals surface area contributed by atoms with Crippen molar-refractivity contribution in [3.8, 4) is 46.7 Å². The fourth-order valence-corrected chi connectivity index (χ4v) is 2.71. The highest BCUT2D eigenvalue weighted by Crippen LogP contribution is 2.30. The van der Waals surface area contributed by atoms with E-state index in [0.29, 0.717) is 11.5 Å². The molecule has 150 valence electrons. The molecule has 0 aromatic heterocycles. The zero-order chi connectivity index (χ0) is 21.3. The van der Waals surface area contributed by atoms with E-state index in [9.17, 15) is 0 Å². The molecule has 0 N–H and O–H groups in total. The van der Waals surface area contributed by atoms with Gasteiger partial charge in [0.1, 0.15) is 11.5 Å². The zero-order valence-electron chi connectivity index (χ0n) is 17.4. The van der Waals surface area contributed by atoms with E-state index in [-0.39, 0.29) is 0 Å². The molecule has 0 unspecified atom stereocenters. The highest BCUT2D eigenvalue weighted by atomic mass is 16.5. The summed E-state index contributed by atoms with van der Waals surface area (Å²) in [6, 6.07) is 18.8. The van der Waals surface area contributed by atoms with Gasteiger partial charge in [-0.3, -0.25) is 0 Å². The maximum Gasteiger partial charge on any atom is 0.162 e. The van der Waals surface area contributed by atoms with Crippen LogP contribution in [0.15, 0.2) is 60.7 Å².